The van der Waals surface area contributed by atoms with Gasteiger partial charge in [0.2, 0.25) is 0 Å². The van der Waals surface area contributed by atoms with Crippen LogP contribution in [0.15, 0.2) is 23.8 Å². The number of hydrogen-bond donors (Lipinski definition) is 1. The maximum Gasteiger partial charge on any atom is 0.0946 e. The molecule has 0 aliphatic carbocycles. The van der Waals surface area contributed by atoms with Gasteiger partial charge in [0.25, 0.3) is 0 Å². The van der Waals surface area contributed by atoms with Crippen LogP contribution >= 0.6 is 23.1 Å². The van der Waals surface area contributed by atoms with E-state index in [9.17, 15) is 0 Å². The fourth-order valence-corrected chi connectivity index (χ4v) is 1.58. The molecule has 6 heteroatoms. The Morgan fingerprint density at radius 3 is 3.14 bits per heavy atom. The maximum atomic E-state index is 5.93. The molecule has 0 saturated heterocycles. The Balaban J connectivity index is 2.02. The summed E-state index contributed by atoms with van der Waals surface area (Å²) in [6.07, 6.45) is 3.33. The number of halogens is 1. The van der Waals surface area contributed by atoms with Crippen molar-refractivity contribution in [3.63, 3.8) is 0 Å². The minimum atomic E-state index is 0.613. The molecular formula is C8H7ClN4S. The average molecular weight is 227 g/mol. The topological polar surface area (TPSA) is 50.7 Å². The lowest BCUT2D eigenvalue weighted by molar-refractivity contribution is 0.997. The lowest BCUT2D eigenvalue weighted by atomic mass is 10.4. The third kappa shape index (κ3) is 2.18. The molecule has 2 aromatic rings. The number of hydrogen-bond acceptors (Lipinski definition) is 5. The van der Waals surface area contributed by atoms with Gasteiger partial charge in [-0.15, -0.1) is 5.10 Å². The third-order valence-electron chi connectivity index (χ3n) is 1.63. The van der Waals surface area contributed by atoms with E-state index in [0.29, 0.717) is 11.6 Å². The molecule has 14 heavy (non-hydrogen) atoms. The van der Waals surface area contributed by atoms with Gasteiger partial charge in [0, 0.05) is 11.6 Å². The first-order valence-corrected chi connectivity index (χ1v) is 5.17. The molecule has 0 bridgehead atoms. The fraction of sp³-hybridized carbons (Fsp3) is 0.125. The summed E-state index contributed by atoms with van der Waals surface area (Å²) in [6, 6.07) is 1.74. The molecule has 2 heterocycles. The van der Waals surface area contributed by atoms with Crippen LogP contribution < -0.4 is 5.32 Å². The zero-order valence-electron chi connectivity index (χ0n) is 7.14. The predicted octanol–water partition coefficient (Wildman–Crippen LogP) is 2.20. The Morgan fingerprint density at radius 2 is 2.43 bits per heavy atom. The molecule has 1 N–H and O–H groups in total. The van der Waals surface area contributed by atoms with Crippen molar-refractivity contribution in [2.24, 2.45) is 0 Å². The number of aromatic nitrogens is 3. The monoisotopic (exact) mass is 226 g/mol. The van der Waals surface area contributed by atoms with Gasteiger partial charge in [-0.1, -0.05) is 16.1 Å². The van der Waals surface area contributed by atoms with Gasteiger partial charge in [-0.3, -0.25) is 4.98 Å². The van der Waals surface area contributed by atoms with Crippen molar-refractivity contribution in [2.45, 2.75) is 6.54 Å². The minimum Gasteiger partial charge on any atom is -0.377 e. The molecule has 2 rings (SSSR count). The summed E-state index contributed by atoms with van der Waals surface area (Å²) in [5, 5.41) is 9.57. The van der Waals surface area contributed by atoms with Gasteiger partial charge in [-0.05, 0) is 17.6 Å². The molecular weight excluding hydrogens is 220 g/mol. The Hall–Kier alpha value is -1.20. The van der Waals surface area contributed by atoms with Gasteiger partial charge in [-0.25, -0.2) is 0 Å². The first-order valence-electron chi connectivity index (χ1n) is 3.95. The number of rotatable bonds is 3. The van der Waals surface area contributed by atoms with Crippen LogP contribution in [0.4, 0.5) is 5.69 Å². The van der Waals surface area contributed by atoms with Crippen molar-refractivity contribution >= 4 is 28.8 Å². The van der Waals surface area contributed by atoms with Crippen molar-refractivity contribution in [2.75, 3.05) is 5.32 Å². The first-order chi connectivity index (χ1) is 6.86. The van der Waals surface area contributed by atoms with Crippen LogP contribution in [0.3, 0.4) is 0 Å². The molecule has 72 valence electrons. The highest BCUT2D eigenvalue weighted by atomic mass is 35.5. The van der Waals surface area contributed by atoms with Crippen LogP contribution in [0.25, 0.3) is 0 Å². The largest absolute Gasteiger partial charge is 0.377 e. The SMILES string of the molecule is Clc1ccncc1NCc1csnn1. The van der Waals surface area contributed by atoms with E-state index in [4.69, 9.17) is 11.6 Å². The lowest BCUT2D eigenvalue weighted by Crippen LogP contribution is -2.00. The fourth-order valence-electron chi connectivity index (χ4n) is 0.954. The van der Waals surface area contributed by atoms with Crippen molar-refractivity contribution in [1.29, 1.82) is 0 Å². The second kappa shape index (κ2) is 4.34. The van der Waals surface area contributed by atoms with Crippen molar-refractivity contribution in [3.05, 3.63) is 34.6 Å². The smallest absolute Gasteiger partial charge is 0.0946 e. The van der Waals surface area contributed by atoms with Crippen LogP contribution in [-0.2, 0) is 6.54 Å². The van der Waals surface area contributed by atoms with Gasteiger partial charge < -0.3 is 5.32 Å². The van der Waals surface area contributed by atoms with E-state index in [1.807, 2.05) is 5.38 Å². The summed E-state index contributed by atoms with van der Waals surface area (Å²) in [7, 11) is 0. The summed E-state index contributed by atoms with van der Waals surface area (Å²) in [5.74, 6) is 0. The van der Waals surface area contributed by atoms with Crippen LogP contribution in [-0.4, -0.2) is 14.6 Å². The Labute approximate surface area is 90.1 Å². The summed E-state index contributed by atoms with van der Waals surface area (Å²) in [6.45, 7) is 0.613. The second-order valence-corrected chi connectivity index (χ2v) is 3.62. The van der Waals surface area contributed by atoms with E-state index in [1.54, 1.807) is 18.5 Å². The van der Waals surface area contributed by atoms with Crippen LogP contribution in [0, 0.1) is 0 Å². The van der Waals surface area contributed by atoms with E-state index < -0.39 is 0 Å². The molecule has 2 aromatic heterocycles. The number of nitrogens with zero attached hydrogens (tertiary/aromatic N) is 3. The minimum absolute atomic E-state index is 0.613. The number of nitrogens with one attached hydrogen (secondary N) is 1. The van der Waals surface area contributed by atoms with E-state index in [-0.39, 0.29) is 0 Å². The highest BCUT2D eigenvalue weighted by molar-refractivity contribution is 7.03. The predicted molar refractivity (Wildman–Crippen MR) is 56.5 cm³/mol. The van der Waals surface area contributed by atoms with Gasteiger partial charge in [-0.2, -0.15) is 0 Å². The Bertz CT molecular complexity index is 403. The Morgan fingerprint density at radius 1 is 1.50 bits per heavy atom. The van der Waals surface area contributed by atoms with Gasteiger partial charge in [0.1, 0.15) is 0 Å². The third-order valence-corrected chi connectivity index (χ3v) is 2.52. The molecule has 4 nitrogen and oxygen atoms in total. The molecule has 0 fully saturated rings. The average Bonchev–Trinajstić information content (AvgIpc) is 2.69. The normalized spacial score (nSPS) is 10.1. The molecule has 0 aromatic carbocycles. The molecule has 0 aliphatic rings. The number of anilines is 1. The highest BCUT2D eigenvalue weighted by Gasteiger charge is 2.00. The highest BCUT2D eigenvalue weighted by Crippen LogP contribution is 2.19. The van der Waals surface area contributed by atoms with E-state index in [1.165, 1.54) is 11.5 Å². The summed E-state index contributed by atoms with van der Waals surface area (Å²) >= 11 is 7.26. The van der Waals surface area contributed by atoms with Gasteiger partial charge in [0.15, 0.2) is 0 Å². The number of pyridine rings is 1. The molecule has 0 unspecified atom stereocenters. The van der Waals surface area contributed by atoms with E-state index in [2.05, 4.69) is 19.9 Å². The van der Waals surface area contributed by atoms with Crippen molar-refractivity contribution < 1.29 is 0 Å². The van der Waals surface area contributed by atoms with Crippen LogP contribution in [0.1, 0.15) is 5.69 Å². The molecule has 0 saturated carbocycles. The summed E-state index contributed by atoms with van der Waals surface area (Å²) in [5.41, 5.74) is 1.71. The molecule has 0 amide bonds. The first kappa shape index (κ1) is 9.36. The molecule has 0 spiro atoms. The lowest BCUT2D eigenvalue weighted by Gasteiger charge is -2.04. The summed E-state index contributed by atoms with van der Waals surface area (Å²) in [4.78, 5) is 3.97. The zero-order chi connectivity index (χ0) is 9.80. The van der Waals surface area contributed by atoms with Crippen molar-refractivity contribution in [3.8, 4) is 0 Å². The van der Waals surface area contributed by atoms with Gasteiger partial charge in [0.05, 0.1) is 29.1 Å². The van der Waals surface area contributed by atoms with Crippen LogP contribution in [0.2, 0.25) is 5.02 Å². The van der Waals surface area contributed by atoms with Crippen molar-refractivity contribution in [1.82, 2.24) is 14.6 Å². The van der Waals surface area contributed by atoms with Gasteiger partial charge >= 0.3 is 0 Å². The second-order valence-electron chi connectivity index (χ2n) is 2.61. The molecule has 0 atom stereocenters. The summed E-state index contributed by atoms with van der Waals surface area (Å²) < 4.78 is 3.76. The molecule has 0 radical (unpaired) electrons. The van der Waals surface area contributed by atoms with Crippen LogP contribution in [0.5, 0.6) is 0 Å². The van der Waals surface area contributed by atoms with E-state index >= 15 is 0 Å². The zero-order valence-corrected chi connectivity index (χ0v) is 8.72. The standard InChI is InChI=1S/C8H7ClN4S/c9-7-1-2-10-4-8(7)11-3-6-5-14-13-12-6/h1-2,4-5,11H,3H2. The quantitative estimate of drug-likeness (QED) is 0.872. The van der Waals surface area contributed by atoms with E-state index in [0.717, 1.165) is 11.4 Å². The molecule has 0 aliphatic heterocycles. The maximum absolute atomic E-state index is 5.93. The Kier molecular flexibility index (Phi) is 2.90.